The predicted molar refractivity (Wildman–Crippen MR) is 82.4 cm³/mol. The van der Waals surface area contributed by atoms with Crippen molar-refractivity contribution in [3.63, 3.8) is 0 Å². The number of β-amino-alcohol motifs (C(OH)–C–C–N with tert-alkyl or cyclic N) is 1. The molecule has 0 saturated carbocycles. The van der Waals surface area contributed by atoms with Crippen molar-refractivity contribution >= 4 is 8.07 Å². The molecule has 0 aliphatic carbocycles. The maximum atomic E-state index is 10.5. The zero-order chi connectivity index (χ0) is 13.9. The van der Waals surface area contributed by atoms with Gasteiger partial charge in [-0.05, 0) is 5.56 Å². The van der Waals surface area contributed by atoms with Crippen LogP contribution in [0.5, 0.6) is 0 Å². The van der Waals surface area contributed by atoms with E-state index in [1.54, 1.807) is 0 Å². The highest BCUT2D eigenvalue weighted by atomic mass is 28.3. The zero-order valence-corrected chi connectivity index (χ0v) is 13.1. The SMILES string of the molecule is C[Si](C)(C)C#C[C@]1(O)CCN(Cc2ccccc2)C1. The van der Waals surface area contributed by atoms with Gasteiger partial charge in [0.15, 0.2) is 0 Å². The highest BCUT2D eigenvalue weighted by Gasteiger charge is 2.34. The highest BCUT2D eigenvalue weighted by Crippen LogP contribution is 2.22. The average Bonchev–Trinajstić information content (AvgIpc) is 2.70. The first-order chi connectivity index (χ1) is 8.86. The molecule has 0 aromatic heterocycles. The topological polar surface area (TPSA) is 23.5 Å². The maximum Gasteiger partial charge on any atom is 0.138 e. The molecule has 0 radical (unpaired) electrons. The van der Waals surface area contributed by atoms with E-state index in [2.05, 4.69) is 60.3 Å². The van der Waals surface area contributed by atoms with Crippen LogP contribution in [0.1, 0.15) is 12.0 Å². The van der Waals surface area contributed by atoms with E-state index < -0.39 is 13.7 Å². The zero-order valence-electron chi connectivity index (χ0n) is 12.1. The molecule has 0 spiro atoms. The van der Waals surface area contributed by atoms with Crippen LogP contribution in [0.2, 0.25) is 19.6 Å². The largest absolute Gasteiger partial charge is 0.376 e. The molecule has 1 aromatic rings. The van der Waals surface area contributed by atoms with E-state index in [1.165, 1.54) is 5.56 Å². The fourth-order valence-electron chi connectivity index (χ4n) is 2.25. The molecule has 19 heavy (non-hydrogen) atoms. The smallest absolute Gasteiger partial charge is 0.138 e. The molecule has 102 valence electrons. The fourth-order valence-corrected chi connectivity index (χ4v) is 2.86. The van der Waals surface area contributed by atoms with Crippen LogP contribution in [-0.2, 0) is 6.54 Å². The van der Waals surface area contributed by atoms with Gasteiger partial charge in [-0.15, -0.1) is 5.54 Å². The Morgan fingerprint density at radius 3 is 2.58 bits per heavy atom. The van der Waals surface area contributed by atoms with Gasteiger partial charge in [0, 0.05) is 26.1 Å². The normalized spacial score (nSPS) is 24.0. The van der Waals surface area contributed by atoms with Gasteiger partial charge in [-0.2, -0.15) is 0 Å². The van der Waals surface area contributed by atoms with Crippen LogP contribution in [0.15, 0.2) is 30.3 Å². The second-order valence-corrected chi connectivity index (χ2v) is 11.2. The van der Waals surface area contributed by atoms with Crippen molar-refractivity contribution in [2.45, 2.75) is 38.2 Å². The predicted octanol–water partition coefficient (Wildman–Crippen LogP) is 2.50. The van der Waals surface area contributed by atoms with Gasteiger partial charge in [0.25, 0.3) is 0 Å². The van der Waals surface area contributed by atoms with Crippen molar-refractivity contribution < 1.29 is 5.11 Å². The second kappa shape index (κ2) is 5.50. The van der Waals surface area contributed by atoms with Gasteiger partial charge >= 0.3 is 0 Å². The van der Waals surface area contributed by atoms with Gasteiger partial charge in [-0.25, -0.2) is 0 Å². The third kappa shape index (κ3) is 4.50. The molecular formula is C16H23NOSi. The Kier molecular flexibility index (Phi) is 4.15. The molecule has 1 heterocycles. The number of rotatable bonds is 2. The summed E-state index contributed by atoms with van der Waals surface area (Å²) in [6.07, 6.45) is 0.761. The molecule has 1 fully saturated rings. The summed E-state index contributed by atoms with van der Waals surface area (Å²) in [4.78, 5) is 2.29. The van der Waals surface area contributed by atoms with Crippen LogP contribution in [0, 0.1) is 11.5 Å². The molecule has 2 rings (SSSR count). The lowest BCUT2D eigenvalue weighted by Gasteiger charge is -2.19. The Labute approximate surface area is 117 Å². The average molecular weight is 273 g/mol. The van der Waals surface area contributed by atoms with Gasteiger partial charge in [-0.1, -0.05) is 55.9 Å². The lowest BCUT2D eigenvalue weighted by atomic mass is 10.1. The molecule has 0 amide bonds. The Bertz CT molecular complexity index is 483. The summed E-state index contributed by atoms with van der Waals surface area (Å²) in [7, 11) is -1.41. The molecular weight excluding hydrogens is 250 g/mol. The first-order valence-corrected chi connectivity index (χ1v) is 10.4. The Balaban J connectivity index is 1.97. The van der Waals surface area contributed by atoms with Crippen LogP contribution in [-0.4, -0.2) is 36.8 Å². The van der Waals surface area contributed by atoms with E-state index in [9.17, 15) is 5.11 Å². The molecule has 3 heteroatoms. The first-order valence-electron chi connectivity index (χ1n) is 6.89. The Morgan fingerprint density at radius 2 is 1.95 bits per heavy atom. The summed E-state index contributed by atoms with van der Waals surface area (Å²) in [5.74, 6) is 3.14. The minimum atomic E-state index is -1.41. The summed E-state index contributed by atoms with van der Waals surface area (Å²) in [6.45, 7) is 9.11. The van der Waals surface area contributed by atoms with Crippen molar-refractivity contribution in [3.8, 4) is 11.5 Å². The Morgan fingerprint density at radius 1 is 1.26 bits per heavy atom. The summed E-state index contributed by atoms with van der Waals surface area (Å²) < 4.78 is 0. The molecule has 2 nitrogen and oxygen atoms in total. The van der Waals surface area contributed by atoms with Crippen molar-refractivity contribution in [2.75, 3.05) is 13.1 Å². The van der Waals surface area contributed by atoms with Gasteiger partial charge in [0.1, 0.15) is 13.7 Å². The number of likely N-dealkylation sites (tertiary alicyclic amines) is 1. The van der Waals surface area contributed by atoms with Gasteiger partial charge in [0.05, 0.1) is 0 Å². The molecule has 1 aliphatic rings. The summed E-state index contributed by atoms with van der Waals surface area (Å²) >= 11 is 0. The van der Waals surface area contributed by atoms with Crippen molar-refractivity contribution in [1.82, 2.24) is 4.90 Å². The van der Waals surface area contributed by atoms with Gasteiger partial charge in [0.2, 0.25) is 0 Å². The van der Waals surface area contributed by atoms with Crippen molar-refractivity contribution in [1.29, 1.82) is 0 Å². The van der Waals surface area contributed by atoms with E-state index in [-0.39, 0.29) is 0 Å². The van der Waals surface area contributed by atoms with E-state index >= 15 is 0 Å². The van der Waals surface area contributed by atoms with Crippen LogP contribution < -0.4 is 0 Å². The monoisotopic (exact) mass is 273 g/mol. The molecule has 1 aliphatic heterocycles. The van der Waals surface area contributed by atoms with Crippen LogP contribution in [0.4, 0.5) is 0 Å². The molecule has 1 atom stereocenters. The van der Waals surface area contributed by atoms with Crippen LogP contribution in [0.3, 0.4) is 0 Å². The standard InChI is InChI=1S/C16H23NOSi/c1-19(2,3)12-10-16(18)9-11-17(14-16)13-15-7-5-4-6-8-15/h4-8,18H,9,11,13-14H2,1-3H3/t16-/m1/s1. The number of nitrogens with zero attached hydrogens (tertiary/aromatic N) is 1. The number of benzene rings is 1. The van der Waals surface area contributed by atoms with Crippen LogP contribution >= 0.6 is 0 Å². The number of aliphatic hydroxyl groups is 1. The van der Waals surface area contributed by atoms with Gasteiger partial charge in [-0.3, -0.25) is 4.90 Å². The molecule has 0 bridgehead atoms. The lowest BCUT2D eigenvalue weighted by Crippen LogP contribution is -2.32. The molecule has 0 unspecified atom stereocenters. The van der Waals surface area contributed by atoms with E-state index in [1.807, 2.05) is 6.07 Å². The quantitative estimate of drug-likeness (QED) is 0.661. The highest BCUT2D eigenvalue weighted by molar-refractivity contribution is 6.83. The van der Waals surface area contributed by atoms with E-state index in [0.717, 1.165) is 19.5 Å². The van der Waals surface area contributed by atoms with E-state index in [0.29, 0.717) is 6.54 Å². The maximum absolute atomic E-state index is 10.5. The third-order valence-electron chi connectivity index (χ3n) is 3.25. The van der Waals surface area contributed by atoms with E-state index in [4.69, 9.17) is 0 Å². The summed E-state index contributed by atoms with van der Waals surface area (Å²) in [5, 5.41) is 10.5. The Hall–Kier alpha value is -1.08. The minimum absolute atomic E-state index is 0.666. The summed E-state index contributed by atoms with van der Waals surface area (Å²) in [6, 6.07) is 10.4. The molecule has 1 saturated heterocycles. The fraction of sp³-hybridized carbons (Fsp3) is 0.500. The third-order valence-corrected chi connectivity index (χ3v) is 4.12. The second-order valence-electron chi connectivity index (χ2n) is 6.48. The number of hydrogen-bond acceptors (Lipinski definition) is 2. The molecule has 1 N–H and O–H groups in total. The first kappa shape index (κ1) is 14.3. The molecule has 1 aromatic carbocycles. The van der Waals surface area contributed by atoms with Crippen LogP contribution in [0.25, 0.3) is 0 Å². The lowest BCUT2D eigenvalue weighted by molar-refractivity contribution is 0.107. The summed E-state index contributed by atoms with van der Waals surface area (Å²) in [5.41, 5.74) is 3.80. The van der Waals surface area contributed by atoms with Gasteiger partial charge < -0.3 is 5.11 Å². The van der Waals surface area contributed by atoms with Crippen molar-refractivity contribution in [2.24, 2.45) is 0 Å². The van der Waals surface area contributed by atoms with Crippen molar-refractivity contribution in [3.05, 3.63) is 35.9 Å². The number of hydrogen-bond donors (Lipinski definition) is 1. The minimum Gasteiger partial charge on any atom is -0.376 e.